The number of hydrogen-bond donors (Lipinski definition) is 2. The van der Waals surface area contributed by atoms with Gasteiger partial charge < -0.3 is 10.6 Å². The first kappa shape index (κ1) is 10.4. The van der Waals surface area contributed by atoms with Crippen LogP contribution in [0.1, 0.15) is 40.5 Å². The van der Waals surface area contributed by atoms with E-state index in [0.717, 1.165) is 24.4 Å². The Morgan fingerprint density at radius 3 is 2.50 bits per heavy atom. The zero-order chi connectivity index (χ0) is 10.3. The van der Waals surface area contributed by atoms with Crippen LogP contribution in [0.3, 0.4) is 0 Å². The van der Waals surface area contributed by atoms with Crippen LogP contribution >= 0.6 is 0 Å². The summed E-state index contributed by atoms with van der Waals surface area (Å²) in [4.78, 5) is 0. The smallest absolute Gasteiger partial charge is 0.0364 e. The molecule has 2 aliphatic rings. The number of hydrogen-bond acceptors (Lipinski definition) is 2. The van der Waals surface area contributed by atoms with E-state index in [1.165, 1.54) is 12.8 Å². The lowest BCUT2D eigenvalue weighted by Crippen LogP contribution is -2.68. The van der Waals surface area contributed by atoms with E-state index < -0.39 is 0 Å². The van der Waals surface area contributed by atoms with Crippen molar-refractivity contribution in [2.45, 2.75) is 58.2 Å². The van der Waals surface area contributed by atoms with Gasteiger partial charge in [-0.05, 0) is 24.7 Å². The fourth-order valence-corrected chi connectivity index (χ4v) is 3.43. The summed E-state index contributed by atoms with van der Waals surface area (Å²) in [6.07, 6.45) is 2.71. The Kier molecular flexibility index (Phi) is 2.61. The maximum absolute atomic E-state index is 3.87. The van der Waals surface area contributed by atoms with E-state index in [0.29, 0.717) is 11.6 Å². The maximum Gasteiger partial charge on any atom is 0.0364 e. The van der Waals surface area contributed by atoms with Crippen LogP contribution < -0.4 is 10.6 Å². The molecule has 0 amide bonds. The van der Waals surface area contributed by atoms with Gasteiger partial charge in [-0.1, -0.05) is 27.7 Å². The van der Waals surface area contributed by atoms with Crippen molar-refractivity contribution < 1.29 is 0 Å². The number of rotatable bonds is 2. The molecule has 0 radical (unpaired) electrons. The van der Waals surface area contributed by atoms with Gasteiger partial charge in [-0.25, -0.2) is 0 Å². The summed E-state index contributed by atoms with van der Waals surface area (Å²) in [7, 11) is 0. The molecule has 0 aliphatic carbocycles. The van der Waals surface area contributed by atoms with Gasteiger partial charge in [0.25, 0.3) is 0 Å². The lowest BCUT2D eigenvalue weighted by atomic mass is 9.74. The summed E-state index contributed by atoms with van der Waals surface area (Å²) >= 11 is 0. The highest BCUT2D eigenvalue weighted by atomic mass is 15.2. The van der Waals surface area contributed by atoms with Crippen LogP contribution in [0.4, 0.5) is 0 Å². The quantitative estimate of drug-likeness (QED) is 0.703. The standard InChI is InChI=1S/C12H24N2/c1-8(2)11-12(9(3)4)6-5-10(14-12)7-13-11/h8-11,13-14H,5-7H2,1-4H3. The van der Waals surface area contributed by atoms with Gasteiger partial charge in [-0.15, -0.1) is 0 Å². The monoisotopic (exact) mass is 196 g/mol. The minimum absolute atomic E-state index is 0.372. The largest absolute Gasteiger partial charge is 0.310 e. The van der Waals surface area contributed by atoms with Crippen molar-refractivity contribution in [2.24, 2.45) is 11.8 Å². The van der Waals surface area contributed by atoms with Gasteiger partial charge in [0.05, 0.1) is 0 Å². The van der Waals surface area contributed by atoms with Gasteiger partial charge in [0, 0.05) is 24.2 Å². The van der Waals surface area contributed by atoms with Crippen molar-refractivity contribution in [3.05, 3.63) is 0 Å². The molecule has 2 aliphatic heterocycles. The van der Waals surface area contributed by atoms with Crippen molar-refractivity contribution >= 4 is 0 Å². The molecule has 2 saturated heterocycles. The molecule has 0 aromatic carbocycles. The highest BCUT2D eigenvalue weighted by molar-refractivity contribution is 5.11. The summed E-state index contributed by atoms with van der Waals surface area (Å²) < 4.78 is 0. The third kappa shape index (κ3) is 1.40. The molecule has 2 bridgehead atoms. The molecule has 82 valence electrons. The summed E-state index contributed by atoms with van der Waals surface area (Å²) in [6, 6.07) is 1.38. The zero-order valence-corrected chi connectivity index (χ0v) is 9.93. The first-order valence-electron chi connectivity index (χ1n) is 6.07. The second-order valence-corrected chi connectivity index (χ2v) is 5.70. The molecule has 3 atom stereocenters. The predicted molar refractivity (Wildman–Crippen MR) is 60.4 cm³/mol. The third-order valence-corrected chi connectivity index (χ3v) is 4.22. The number of piperazine rings is 1. The fraction of sp³-hybridized carbons (Fsp3) is 1.00. The van der Waals surface area contributed by atoms with Gasteiger partial charge in [0.15, 0.2) is 0 Å². The third-order valence-electron chi connectivity index (χ3n) is 4.22. The lowest BCUT2D eigenvalue weighted by molar-refractivity contribution is 0.124. The van der Waals surface area contributed by atoms with Crippen LogP contribution in [0.5, 0.6) is 0 Å². The first-order valence-corrected chi connectivity index (χ1v) is 6.07. The lowest BCUT2D eigenvalue weighted by Gasteiger charge is -2.47. The van der Waals surface area contributed by atoms with Crippen LogP contribution in [0.2, 0.25) is 0 Å². The number of fused-ring (bicyclic) bond motifs is 2. The molecule has 2 heterocycles. The van der Waals surface area contributed by atoms with Crippen LogP contribution in [-0.2, 0) is 0 Å². The average molecular weight is 196 g/mol. The van der Waals surface area contributed by atoms with E-state index in [9.17, 15) is 0 Å². The van der Waals surface area contributed by atoms with Gasteiger partial charge >= 0.3 is 0 Å². The van der Waals surface area contributed by atoms with Gasteiger partial charge in [0.1, 0.15) is 0 Å². The van der Waals surface area contributed by atoms with Crippen LogP contribution in [0, 0.1) is 11.8 Å². The minimum Gasteiger partial charge on any atom is -0.310 e. The molecule has 14 heavy (non-hydrogen) atoms. The molecule has 2 N–H and O–H groups in total. The van der Waals surface area contributed by atoms with E-state index >= 15 is 0 Å². The van der Waals surface area contributed by atoms with Crippen molar-refractivity contribution in [1.82, 2.24) is 10.6 Å². The molecule has 0 aromatic heterocycles. The summed E-state index contributed by atoms with van der Waals surface area (Å²) in [6.45, 7) is 10.6. The molecule has 3 unspecified atom stereocenters. The van der Waals surface area contributed by atoms with Crippen LogP contribution in [0.25, 0.3) is 0 Å². The Hall–Kier alpha value is -0.0800. The molecule has 2 nitrogen and oxygen atoms in total. The highest BCUT2D eigenvalue weighted by Crippen LogP contribution is 2.38. The second kappa shape index (κ2) is 3.49. The van der Waals surface area contributed by atoms with Crippen molar-refractivity contribution in [3.8, 4) is 0 Å². The molecular weight excluding hydrogens is 172 g/mol. The second-order valence-electron chi connectivity index (χ2n) is 5.70. The van der Waals surface area contributed by atoms with Crippen molar-refractivity contribution in [1.29, 1.82) is 0 Å². The van der Waals surface area contributed by atoms with Crippen molar-refractivity contribution in [3.63, 3.8) is 0 Å². The molecule has 2 rings (SSSR count). The van der Waals surface area contributed by atoms with E-state index in [1.54, 1.807) is 0 Å². The summed E-state index contributed by atoms with van der Waals surface area (Å²) in [5, 5.41) is 7.61. The Morgan fingerprint density at radius 1 is 1.21 bits per heavy atom. The molecule has 2 fully saturated rings. The molecular formula is C12H24N2. The summed E-state index contributed by atoms with van der Waals surface area (Å²) in [5.74, 6) is 1.46. The van der Waals surface area contributed by atoms with Gasteiger partial charge in [-0.3, -0.25) is 0 Å². The Morgan fingerprint density at radius 2 is 1.93 bits per heavy atom. The normalized spacial score (nSPS) is 42.4. The Labute approximate surface area is 87.8 Å². The van der Waals surface area contributed by atoms with E-state index in [2.05, 4.69) is 38.3 Å². The number of nitrogens with one attached hydrogen (secondary N) is 2. The van der Waals surface area contributed by atoms with E-state index in [4.69, 9.17) is 0 Å². The predicted octanol–water partition coefficient (Wildman–Crippen LogP) is 1.76. The Balaban J connectivity index is 2.24. The topological polar surface area (TPSA) is 24.1 Å². The zero-order valence-electron chi connectivity index (χ0n) is 9.93. The van der Waals surface area contributed by atoms with E-state index in [1.807, 2.05) is 0 Å². The van der Waals surface area contributed by atoms with Crippen LogP contribution in [-0.4, -0.2) is 24.2 Å². The van der Waals surface area contributed by atoms with Crippen LogP contribution in [0.15, 0.2) is 0 Å². The molecule has 2 heteroatoms. The highest BCUT2D eigenvalue weighted by Gasteiger charge is 2.50. The fourth-order valence-electron chi connectivity index (χ4n) is 3.43. The molecule has 0 saturated carbocycles. The first-order chi connectivity index (χ1) is 6.56. The summed E-state index contributed by atoms with van der Waals surface area (Å²) in [5.41, 5.74) is 0.372. The Bertz CT molecular complexity index is 210. The van der Waals surface area contributed by atoms with Gasteiger partial charge in [-0.2, -0.15) is 0 Å². The van der Waals surface area contributed by atoms with E-state index in [-0.39, 0.29) is 0 Å². The average Bonchev–Trinajstić information content (AvgIpc) is 2.44. The molecule has 0 aromatic rings. The SMILES string of the molecule is CC(C)C1NCC2CCC1(C(C)C)N2. The van der Waals surface area contributed by atoms with Gasteiger partial charge in [0.2, 0.25) is 0 Å². The van der Waals surface area contributed by atoms with Crippen molar-refractivity contribution in [2.75, 3.05) is 6.54 Å². The minimum atomic E-state index is 0.372. The molecule has 0 spiro atoms. The maximum atomic E-state index is 3.87.